The Morgan fingerprint density at radius 2 is 1.87 bits per heavy atom. The van der Waals surface area contributed by atoms with E-state index in [-0.39, 0.29) is 53.1 Å². The van der Waals surface area contributed by atoms with Crippen LogP contribution in [0, 0.1) is 0 Å². The highest BCUT2D eigenvalue weighted by Crippen LogP contribution is 2.49. The van der Waals surface area contributed by atoms with Gasteiger partial charge in [0.2, 0.25) is 11.5 Å². The van der Waals surface area contributed by atoms with Crippen molar-refractivity contribution in [2.45, 2.75) is 43.0 Å². The molecule has 246 valence electrons. The first kappa shape index (κ1) is 30.6. The van der Waals surface area contributed by atoms with Crippen LogP contribution in [0.25, 0.3) is 22.2 Å². The minimum absolute atomic E-state index is 0.00260. The molecule has 4 aromatic rings. The Balaban J connectivity index is 1.28. The number of amides is 2. The van der Waals surface area contributed by atoms with Gasteiger partial charge in [-0.3, -0.25) is 14.3 Å². The number of carbonyl (C=O) groups excluding carboxylic acids is 2. The number of hydrogen-bond donors (Lipinski definition) is 3. The minimum Gasteiger partial charge on any atom is -0.494 e. The summed E-state index contributed by atoms with van der Waals surface area (Å²) in [5, 5.41) is 18.7. The van der Waals surface area contributed by atoms with Crippen molar-refractivity contribution in [3.63, 3.8) is 0 Å². The van der Waals surface area contributed by atoms with Gasteiger partial charge in [-0.25, -0.2) is 4.98 Å². The maximum atomic E-state index is 14.9. The molecule has 2 amide bonds. The molecule has 1 saturated carbocycles. The van der Waals surface area contributed by atoms with Crippen LogP contribution in [0.4, 0.5) is 13.2 Å². The normalized spacial score (nSPS) is 19.9. The van der Waals surface area contributed by atoms with Gasteiger partial charge in [-0.2, -0.15) is 18.3 Å². The van der Waals surface area contributed by atoms with Gasteiger partial charge in [0.05, 0.1) is 25.4 Å². The second kappa shape index (κ2) is 10.8. The van der Waals surface area contributed by atoms with Gasteiger partial charge in [-0.05, 0) is 56.2 Å². The minimum atomic E-state index is -5.33. The number of nitrogens with one attached hydrogen (secondary N) is 1. The molecule has 12 nitrogen and oxygen atoms in total. The molecule has 0 bridgehead atoms. The highest BCUT2D eigenvalue weighted by atomic mass is 19.4. The number of carbonyl (C=O) groups is 2. The van der Waals surface area contributed by atoms with Crippen molar-refractivity contribution in [2.75, 3.05) is 33.5 Å². The third-order valence-electron chi connectivity index (χ3n) is 8.82. The maximum absolute atomic E-state index is 14.9. The van der Waals surface area contributed by atoms with Crippen LogP contribution < -0.4 is 30.0 Å². The number of nitrogens with zero attached hydrogens (tertiary/aromatic N) is 3. The Bertz CT molecular complexity index is 1940. The van der Waals surface area contributed by atoms with E-state index in [0.29, 0.717) is 29.0 Å². The van der Waals surface area contributed by atoms with Gasteiger partial charge < -0.3 is 35.1 Å². The second-order valence-corrected chi connectivity index (χ2v) is 12.1. The van der Waals surface area contributed by atoms with Crippen LogP contribution in [0.3, 0.4) is 0 Å². The van der Waals surface area contributed by atoms with Crippen LogP contribution in [0.2, 0.25) is 0 Å². The molecule has 2 aromatic heterocycles. The van der Waals surface area contributed by atoms with Crippen molar-refractivity contribution in [2.24, 2.45) is 5.73 Å². The third kappa shape index (κ3) is 5.05. The summed E-state index contributed by atoms with van der Waals surface area (Å²) in [6, 6.07) is 8.71. The highest BCUT2D eigenvalue weighted by molar-refractivity contribution is 6.00. The monoisotopic (exact) mass is 653 g/mol. The van der Waals surface area contributed by atoms with E-state index in [4.69, 9.17) is 24.7 Å². The molecule has 3 aliphatic rings. The number of halogens is 3. The van der Waals surface area contributed by atoms with Gasteiger partial charge in [0, 0.05) is 28.3 Å². The second-order valence-electron chi connectivity index (χ2n) is 12.1. The fourth-order valence-corrected chi connectivity index (χ4v) is 5.77. The standard InChI is InChI=1S/C32H30F3N5O7/c1-30(29(36)42)15-47-27-20(30)12-24(38-26(27)16-3-6-21-22(10-16)46-8-7-45-21)31(43,32(33,34)35)14-37-28(41)17-9-18-13-40(19-4-5-19)39-25(18)23(11-17)44-2/h3,6,9-13,19,43H,4-5,7-8,14-15H2,1-2H3,(H2,36,42)(H,37,41)/t30-,31?/m0/s1. The molecule has 0 radical (unpaired) electrons. The number of rotatable bonds is 8. The summed E-state index contributed by atoms with van der Waals surface area (Å²) < 4.78 is 68.8. The average molecular weight is 654 g/mol. The summed E-state index contributed by atoms with van der Waals surface area (Å²) in [5.74, 6) is -0.676. The first-order valence-corrected chi connectivity index (χ1v) is 14.9. The topological polar surface area (TPSA) is 160 Å². The molecule has 15 heteroatoms. The lowest BCUT2D eigenvalue weighted by Crippen LogP contribution is -2.51. The van der Waals surface area contributed by atoms with Crippen molar-refractivity contribution >= 4 is 22.7 Å². The van der Waals surface area contributed by atoms with Crippen molar-refractivity contribution in [1.82, 2.24) is 20.1 Å². The number of primary amides is 1. The number of nitrogens with two attached hydrogens (primary N) is 1. The summed E-state index contributed by atoms with van der Waals surface area (Å²) in [6.07, 6.45) is -1.64. The van der Waals surface area contributed by atoms with E-state index < -0.39 is 41.2 Å². The van der Waals surface area contributed by atoms with Crippen LogP contribution in [-0.2, 0) is 15.8 Å². The predicted octanol–water partition coefficient (Wildman–Crippen LogP) is 3.53. The van der Waals surface area contributed by atoms with Crippen molar-refractivity contribution < 1.29 is 46.8 Å². The van der Waals surface area contributed by atoms with Crippen molar-refractivity contribution in [3.05, 3.63) is 59.4 Å². The first-order chi connectivity index (χ1) is 22.3. The summed E-state index contributed by atoms with van der Waals surface area (Å²) in [5.41, 5.74) is 0.291. The molecule has 2 atom stereocenters. The van der Waals surface area contributed by atoms with E-state index in [2.05, 4.69) is 15.4 Å². The van der Waals surface area contributed by atoms with Gasteiger partial charge in [0.15, 0.2) is 11.5 Å². The molecule has 4 N–H and O–H groups in total. The Morgan fingerprint density at radius 1 is 1.13 bits per heavy atom. The SMILES string of the molecule is COc1cc(C(=O)NCC(O)(c2cc3c(c(-c4ccc5c(c4)OCCO5)n2)OC[C@]3(C)C(N)=O)C(F)(F)F)cc2cn(C3CC3)nc12. The lowest BCUT2D eigenvalue weighted by Gasteiger charge is -2.31. The van der Waals surface area contributed by atoms with Crippen LogP contribution >= 0.6 is 0 Å². The van der Waals surface area contributed by atoms with Crippen LogP contribution in [-0.4, -0.2) is 71.3 Å². The average Bonchev–Trinajstić information content (AvgIpc) is 3.72. The zero-order valence-corrected chi connectivity index (χ0v) is 25.3. The molecule has 4 heterocycles. The number of alkyl halides is 3. The Kier molecular flexibility index (Phi) is 7.00. The van der Waals surface area contributed by atoms with E-state index in [9.17, 15) is 27.9 Å². The van der Waals surface area contributed by atoms with Crippen molar-refractivity contribution in [1.29, 1.82) is 0 Å². The van der Waals surface area contributed by atoms with Gasteiger partial charge in [0.25, 0.3) is 5.91 Å². The molecule has 7 rings (SSSR count). The lowest BCUT2D eigenvalue weighted by atomic mass is 9.81. The number of benzene rings is 2. The molecular weight excluding hydrogens is 623 g/mol. The lowest BCUT2D eigenvalue weighted by molar-refractivity contribution is -0.265. The number of aromatic nitrogens is 3. The summed E-state index contributed by atoms with van der Waals surface area (Å²) in [7, 11) is 1.40. The third-order valence-corrected chi connectivity index (χ3v) is 8.82. The molecular formula is C32H30F3N5O7. The van der Waals surface area contributed by atoms with E-state index in [1.54, 1.807) is 23.0 Å². The number of methoxy groups -OCH3 is 1. The molecule has 47 heavy (non-hydrogen) atoms. The predicted molar refractivity (Wildman–Crippen MR) is 160 cm³/mol. The van der Waals surface area contributed by atoms with Gasteiger partial charge in [-0.15, -0.1) is 0 Å². The molecule has 0 spiro atoms. The number of fused-ring (bicyclic) bond motifs is 3. The van der Waals surface area contributed by atoms with Crippen LogP contribution in [0.5, 0.6) is 23.0 Å². The van der Waals surface area contributed by atoms with Gasteiger partial charge in [0.1, 0.15) is 47.9 Å². The number of aliphatic hydroxyl groups is 1. The molecule has 1 aliphatic carbocycles. The van der Waals surface area contributed by atoms with Crippen molar-refractivity contribution in [3.8, 4) is 34.3 Å². The van der Waals surface area contributed by atoms with E-state index in [1.165, 1.54) is 32.2 Å². The van der Waals surface area contributed by atoms with Crippen LogP contribution in [0.15, 0.2) is 42.6 Å². The van der Waals surface area contributed by atoms with E-state index in [1.807, 2.05) is 0 Å². The number of hydrogen-bond acceptors (Lipinski definition) is 9. The first-order valence-electron chi connectivity index (χ1n) is 14.9. The number of ether oxygens (including phenoxy) is 4. The Labute approximate surface area is 265 Å². The molecule has 0 saturated heterocycles. The maximum Gasteiger partial charge on any atom is 0.424 e. The molecule has 2 aliphatic heterocycles. The smallest absolute Gasteiger partial charge is 0.424 e. The Morgan fingerprint density at radius 3 is 2.55 bits per heavy atom. The van der Waals surface area contributed by atoms with Crippen LogP contribution in [0.1, 0.15) is 47.4 Å². The zero-order valence-electron chi connectivity index (χ0n) is 25.3. The summed E-state index contributed by atoms with van der Waals surface area (Å²) >= 11 is 0. The quantitative estimate of drug-likeness (QED) is 0.259. The van der Waals surface area contributed by atoms with E-state index in [0.717, 1.165) is 18.9 Å². The fourth-order valence-electron chi connectivity index (χ4n) is 5.77. The van der Waals surface area contributed by atoms with Gasteiger partial charge in [-0.1, -0.05) is 0 Å². The summed E-state index contributed by atoms with van der Waals surface area (Å²) in [4.78, 5) is 30.1. The number of pyridine rings is 1. The Hall–Kier alpha value is -5.05. The van der Waals surface area contributed by atoms with Gasteiger partial charge >= 0.3 is 6.18 Å². The molecule has 1 unspecified atom stereocenters. The molecule has 2 aromatic carbocycles. The molecule has 1 fully saturated rings. The largest absolute Gasteiger partial charge is 0.494 e. The highest BCUT2D eigenvalue weighted by Gasteiger charge is 2.57. The zero-order chi connectivity index (χ0) is 33.3. The summed E-state index contributed by atoms with van der Waals surface area (Å²) in [6.45, 7) is 0.445. The fraction of sp³-hybridized carbons (Fsp3) is 0.375. The van der Waals surface area contributed by atoms with E-state index >= 15 is 0 Å².